The molecule has 1 rings (SSSR count). The second-order valence-corrected chi connectivity index (χ2v) is 4.19. The van der Waals surface area contributed by atoms with Crippen molar-refractivity contribution in [1.82, 2.24) is 10.6 Å². The lowest BCUT2D eigenvalue weighted by Crippen LogP contribution is -2.26. The first kappa shape index (κ1) is 20.4. The van der Waals surface area contributed by atoms with Crippen LogP contribution in [-0.2, 0) is 11.3 Å². The van der Waals surface area contributed by atoms with E-state index >= 15 is 0 Å². The molecule has 0 saturated heterocycles. The smallest absolute Gasteiger partial charge is 0.387 e. The Balaban J connectivity index is 0.00000441. The van der Waals surface area contributed by atoms with Crippen LogP contribution in [0.4, 0.5) is 8.78 Å². The molecule has 0 aromatic heterocycles. The fourth-order valence-corrected chi connectivity index (χ4v) is 1.71. The van der Waals surface area contributed by atoms with E-state index in [0.717, 1.165) is 0 Å². The molecule has 0 bridgehead atoms. The van der Waals surface area contributed by atoms with Crippen molar-refractivity contribution in [2.24, 2.45) is 0 Å². The van der Waals surface area contributed by atoms with Crippen LogP contribution in [0.1, 0.15) is 18.9 Å². The summed E-state index contributed by atoms with van der Waals surface area (Å²) in [4.78, 5) is 11.5. The average molecular weight is 339 g/mol. The Bertz CT molecular complexity index is 462. The molecule has 0 fully saturated rings. The Morgan fingerprint density at radius 3 is 2.68 bits per heavy atom. The molecule has 1 aromatic rings. The minimum atomic E-state index is -2.95. The highest BCUT2D eigenvalue weighted by Crippen LogP contribution is 2.32. The van der Waals surface area contributed by atoms with E-state index in [2.05, 4.69) is 15.4 Å². The Kier molecular flexibility index (Phi) is 10.2. The van der Waals surface area contributed by atoms with Crippen LogP contribution in [-0.4, -0.2) is 32.7 Å². The maximum atomic E-state index is 12.5. The molecule has 22 heavy (non-hydrogen) atoms. The lowest BCUT2D eigenvalue weighted by atomic mass is 10.2. The van der Waals surface area contributed by atoms with Crippen LogP contribution in [0.5, 0.6) is 11.5 Å². The number of rotatable bonds is 9. The number of alkyl halides is 2. The van der Waals surface area contributed by atoms with Gasteiger partial charge < -0.3 is 20.1 Å². The Morgan fingerprint density at radius 2 is 2.09 bits per heavy atom. The summed E-state index contributed by atoms with van der Waals surface area (Å²) in [5.74, 6) is 0.0252. The molecule has 1 aromatic carbocycles. The van der Waals surface area contributed by atoms with E-state index in [-0.39, 0.29) is 36.4 Å². The zero-order chi connectivity index (χ0) is 15.7. The summed E-state index contributed by atoms with van der Waals surface area (Å²) in [7, 11) is 1.74. The summed E-state index contributed by atoms with van der Waals surface area (Å²) in [6.07, 6.45) is 0.312. The summed E-state index contributed by atoms with van der Waals surface area (Å²) in [5, 5.41) is 5.51. The van der Waals surface area contributed by atoms with Gasteiger partial charge in [0.1, 0.15) is 0 Å². The molecule has 0 saturated carbocycles. The van der Waals surface area contributed by atoms with Crippen molar-refractivity contribution >= 4 is 18.3 Å². The maximum Gasteiger partial charge on any atom is 0.387 e. The number of amides is 1. The molecule has 0 aliphatic rings. The van der Waals surface area contributed by atoms with Crippen LogP contribution in [0, 0.1) is 0 Å². The Morgan fingerprint density at radius 1 is 1.36 bits per heavy atom. The van der Waals surface area contributed by atoms with Crippen molar-refractivity contribution in [2.75, 3.05) is 20.2 Å². The van der Waals surface area contributed by atoms with E-state index in [9.17, 15) is 13.6 Å². The summed E-state index contributed by atoms with van der Waals surface area (Å²) >= 11 is 0. The third-order valence-electron chi connectivity index (χ3n) is 2.65. The molecule has 0 radical (unpaired) electrons. The van der Waals surface area contributed by atoms with Crippen molar-refractivity contribution in [3.05, 3.63) is 23.8 Å². The van der Waals surface area contributed by atoms with E-state index < -0.39 is 6.61 Å². The number of carbonyl (C=O) groups excluding carboxylic acids is 1. The quantitative estimate of drug-likeness (QED) is 0.725. The second-order valence-electron chi connectivity index (χ2n) is 4.19. The highest BCUT2D eigenvalue weighted by molar-refractivity contribution is 5.85. The van der Waals surface area contributed by atoms with Gasteiger partial charge in [0.2, 0.25) is 5.91 Å². The number of para-hydroxylation sites is 1. The molecule has 0 heterocycles. The van der Waals surface area contributed by atoms with Crippen LogP contribution in [0.2, 0.25) is 0 Å². The van der Waals surface area contributed by atoms with Crippen LogP contribution < -0.4 is 20.1 Å². The number of hydrogen-bond donors (Lipinski definition) is 2. The molecule has 8 heteroatoms. The highest BCUT2D eigenvalue weighted by Gasteiger charge is 2.16. The second kappa shape index (κ2) is 11.0. The SMILES string of the molecule is CCOc1cccc(CNC(=O)CCNC)c1OC(F)F.Cl. The number of carbonyl (C=O) groups is 1. The summed E-state index contributed by atoms with van der Waals surface area (Å²) in [5.41, 5.74) is 0.444. The van der Waals surface area contributed by atoms with Gasteiger partial charge in [-0.3, -0.25) is 4.79 Å². The first-order chi connectivity index (χ1) is 10.1. The molecule has 5 nitrogen and oxygen atoms in total. The minimum Gasteiger partial charge on any atom is -0.490 e. The average Bonchev–Trinajstić information content (AvgIpc) is 2.45. The molecule has 1 amide bonds. The van der Waals surface area contributed by atoms with Crippen LogP contribution in [0.25, 0.3) is 0 Å². The largest absolute Gasteiger partial charge is 0.490 e. The first-order valence-electron chi connectivity index (χ1n) is 6.69. The van der Waals surface area contributed by atoms with Crippen LogP contribution >= 0.6 is 12.4 Å². The number of ether oxygens (including phenoxy) is 2. The van der Waals surface area contributed by atoms with Gasteiger partial charge >= 0.3 is 6.61 Å². The van der Waals surface area contributed by atoms with E-state index in [0.29, 0.717) is 25.1 Å². The van der Waals surface area contributed by atoms with Crippen molar-refractivity contribution < 1.29 is 23.0 Å². The molecule has 2 N–H and O–H groups in total. The number of halogens is 3. The molecule has 0 atom stereocenters. The van der Waals surface area contributed by atoms with E-state index in [1.807, 2.05) is 0 Å². The molecule has 0 spiro atoms. The van der Waals surface area contributed by atoms with Crippen molar-refractivity contribution in [3.8, 4) is 11.5 Å². The minimum absolute atomic E-state index is 0. The normalized spacial score (nSPS) is 10.0. The van der Waals surface area contributed by atoms with E-state index in [1.165, 1.54) is 0 Å². The van der Waals surface area contributed by atoms with Crippen molar-refractivity contribution in [3.63, 3.8) is 0 Å². The van der Waals surface area contributed by atoms with Crippen molar-refractivity contribution in [1.29, 1.82) is 0 Å². The zero-order valence-corrected chi connectivity index (χ0v) is 13.3. The summed E-state index contributed by atoms with van der Waals surface area (Å²) in [6.45, 7) is -0.225. The zero-order valence-electron chi connectivity index (χ0n) is 12.5. The first-order valence-corrected chi connectivity index (χ1v) is 6.69. The van der Waals surface area contributed by atoms with Gasteiger partial charge in [0.05, 0.1) is 6.61 Å². The summed E-state index contributed by atoms with van der Waals surface area (Å²) in [6, 6.07) is 4.82. The maximum absolute atomic E-state index is 12.5. The summed E-state index contributed by atoms with van der Waals surface area (Å²) < 4.78 is 34.8. The fraction of sp³-hybridized carbons (Fsp3) is 0.500. The van der Waals surface area contributed by atoms with Gasteiger partial charge in [-0.25, -0.2) is 0 Å². The molecule has 126 valence electrons. The highest BCUT2D eigenvalue weighted by atomic mass is 35.5. The number of hydrogen-bond acceptors (Lipinski definition) is 4. The molecular weight excluding hydrogens is 318 g/mol. The predicted molar refractivity (Wildman–Crippen MR) is 81.9 cm³/mol. The van der Waals surface area contributed by atoms with E-state index in [1.54, 1.807) is 32.2 Å². The predicted octanol–water partition coefficient (Wildman–Crippen LogP) is 2.33. The molecular formula is C14H21ClF2N2O3. The Labute approximate surface area is 134 Å². The monoisotopic (exact) mass is 338 g/mol. The van der Waals surface area contributed by atoms with E-state index in [4.69, 9.17) is 4.74 Å². The number of nitrogens with one attached hydrogen (secondary N) is 2. The van der Waals surface area contributed by atoms with Gasteiger partial charge in [-0.15, -0.1) is 12.4 Å². The van der Waals surface area contributed by atoms with Gasteiger partial charge in [-0.1, -0.05) is 12.1 Å². The lowest BCUT2D eigenvalue weighted by molar-refractivity contribution is -0.121. The van der Waals surface area contributed by atoms with Gasteiger partial charge in [-0.05, 0) is 20.0 Å². The third kappa shape index (κ3) is 6.91. The van der Waals surface area contributed by atoms with Gasteiger partial charge in [0.15, 0.2) is 11.5 Å². The van der Waals surface area contributed by atoms with Gasteiger partial charge in [-0.2, -0.15) is 8.78 Å². The standard InChI is InChI=1S/C14H20F2N2O3.ClH/c1-3-20-11-6-4-5-10(13(11)21-14(15)16)9-18-12(19)7-8-17-2;/h4-6,14,17H,3,7-9H2,1-2H3,(H,18,19);1H. The molecule has 0 unspecified atom stereocenters. The third-order valence-corrected chi connectivity index (χ3v) is 2.65. The lowest BCUT2D eigenvalue weighted by Gasteiger charge is -2.15. The number of benzene rings is 1. The molecule has 0 aliphatic heterocycles. The molecule has 0 aliphatic carbocycles. The fourth-order valence-electron chi connectivity index (χ4n) is 1.71. The van der Waals surface area contributed by atoms with Crippen LogP contribution in [0.3, 0.4) is 0 Å². The Hall–Kier alpha value is -1.60. The van der Waals surface area contributed by atoms with Crippen molar-refractivity contribution in [2.45, 2.75) is 26.5 Å². The van der Waals surface area contributed by atoms with Crippen LogP contribution in [0.15, 0.2) is 18.2 Å². The van der Waals surface area contributed by atoms with Gasteiger partial charge in [0, 0.05) is 25.1 Å². The van der Waals surface area contributed by atoms with Gasteiger partial charge in [0.25, 0.3) is 0 Å². The topological polar surface area (TPSA) is 59.6 Å².